The molecule has 0 spiro atoms. The molecule has 1 fully saturated rings. The molecule has 1 N–H and O–H groups in total. The highest BCUT2D eigenvalue weighted by atomic mass is 32.2. The number of hydrogen-bond acceptors (Lipinski definition) is 3. The number of nitrogens with one attached hydrogen (secondary N) is 1. The van der Waals surface area contributed by atoms with Gasteiger partial charge in [-0.1, -0.05) is 51.1 Å². The van der Waals surface area contributed by atoms with Crippen molar-refractivity contribution in [2.75, 3.05) is 13.1 Å². The molecule has 0 saturated carbocycles. The lowest BCUT2D eigenvalue weighted by Gasteiger charge is -2.24. The van der Waals surface area contributed by atoms with E-state index in [9.17, 15) is 13.2 Å². The Balaban J connectivity index is 1.66. The van der Waals surface area contributed by atoms with Crippen LogP contribution in [-0.2, 0) is 15.4 Å². The van der Waals surface area contributed by atoms with Crippen LogP contribution in [0.4, 0.5) is 0 Å². The Labute approximate surface area is 167 Å². The fraction of sp³-hybridized carbons (Fsp3) is 0.409. The third-order valence-electron chi connectivity index (χ3n) is 5.18. The maximum atomic E-state index is 12.9. The zero-order valence-electron chi connectivity index (χ0n) is 16.7. The van der Waals surface area contributed by atoms with E-state index in [4.69, 9.17) is 0 Å². The van der Waals surface area contributed by atoms with Crippen molar-refractivity contribution in [2.24, 2.45) is 0 Å². The fourth-order valence-electron chi connectivity index (χ4n) is 3.49. The Morgan fingerprint density at radius 3 is 2.32 bits per heavy atom. The molecule has 2 aromatic rings. The predicted molar refractivity (Wildman–Crippen MR) is 111 cm³/mol. The first-order valence-corrected chi connectivity index (χ1v) is 11.1. The highest BCUT2D eigenvalue weighted by Gasteiger charge is 2.35. The van der Waals surface area contributed by atoms with Crippen LogP contribution in [0.25, 0.3) is 0 Å². The summed E-state index contributed by atoms with van der Waals surface area (Å²) in [5.74, 6) is -0.176. The van der Waals surface area contributed by atoms with Crippen LogP contribution in [0.3, 0.4) is 0 Å². The van der Waals surface area contributed by atoms with Gasteiger partial charge in [0, 0.05) is 24.7 Å². The Hall–Kier alpha value is -2.18. The zero-order valence-corrected chi connectivity index (χ0v) is 17.5. The molecule has 2 aromatic carbocycles. The second-order valence-electron chi connectivity index (χ2n) is 8.26. The molecule has 1 saturated heterocycles. The van der Waals surface area contributed by atoms with Crippen molar-refractivity contribution >= 4 is 15.9 Å². The molecular formula is C22H28N2O3S. The SMILES string of the molecule is CC(C)(C)c1ccc(C(=O)NC[C@H]2CCCN2S(=O)(=O)c2ccccc2)cc1. The lowest BCUT2D eigenvalue weighted by atomic mass is 9.87. The molecule has 3 rings (SSSR count). The standard InChI is InChI=1S/C22H28N2O3S/c1-22(2,3)18-13-11-17(12-14-18)21(25)23-16-19-8-7-15-24(19)28(26,27)20-9-5-4-6-10-20/h4-6,9-14,19H,7-8,15-16H2,1-3H3,(H,23,25)/t19-/m1/s1. The molecule has 0 aliphatic carbocycles. The van der Waals surface area contributed by atoms with Gasteiger partial charge in [0.25, 0.3) is 5.91 Å². The summed E-state index contributed by atoms with van der Waals surface area (Å²) in [5, 5.41) is 2.91. The van der Waals surface area contributed by atoms with Gasteiger partial charge in [0.05, 0.1) is 4.90 Å². The predicted octanol–water partition coefficient (Wildman–Crippen LogP) is 3.57. The third-order valence-corrected chi connectivity index (χ3v) is 7.15. The van der Waals surface area contributed by atoms with Gasteiger partial charge >= 0.3 is 0 Å². The second kappa shape index (κ2) is 8.05. The highest BCUT2D eigenvalue weighted by molar-refractivity contribution is 7.89. The molecule has 1 aliphatic rings. The fourth-order valence-corrected chi connectivity index (χ4v) is 5.21. The van der Waals surface area contributed by atoms with Crippen LogP contribution in [0.5, 0.6) is 0 Å². The van der Waals surface area contributed by atoms with Crippen molar-refractivity contribution in [2.45, 2.75) is 50.0 Å². The summed E-state index contributed by atoms with van der Waals surface area (Å²) in [6.07, 6.45) is 1.54. The van der Waals surface area contributed by atoms with E-state index in [1.54, 1.807) is 30.3 Å². The highest BCUT2D eigenvalue weighted by Crippen LogP contribution is 2.26. The Bertz CT molecular complexity index is 917. The zero-order chi connectivity index (χ0) is 20.4. The van der Waals surface area contributed by atoms with Gasteiger partial charge in [0.15, 0.2) is 0 Å². The first-order valence-electron chi connectivity index (χ1n) is 9.65. The van der Waals surface area contributed by atoms with Crippen LogP contribution >= 0.6 is 0 Å². The normalized spacial score (nSPS) is 18.2. The number of nitrogens with zero attached hydrogens (tertiary/aromatic N) is 1. The first kappa shape index (κ1) is 20.6. The molecule has 6 heteroatoms. The molecule has 1 atom stereocenters. The smallest absolute Gasteiger partial charge is 0.251 e. The number of amides is 1. The minimum atomic E-state index is -3.54. The summed E-state index contributed by atoms with van der Waals surface area (Å²) in [6.45, 7) is 7.18. The molecule has 0 aromatic heterocycles. The number of hydrogen-bond donors (Lipinski definition) is 1. The topological polar surface area (TPSA) is 66.5 Å². The van der Waals surface area contributed by atoms with Gasteiger partial charge in [-0.3, -0.25) is 4.79 Å². The van der Waals surface area contributed by atoms with Crippen LogP contribution in [0, 0.1) is 0 Å². The van der Waals surface area contributed by atoms with Gasteiger partial charge in [0.2, 0.25) is 10.0 Å². The first-order chi connectivity index (χ1) is 13.2. The third kappa shape index (κ3) is 4.45. The van der Waals surface area contributed by atoms with Crippen LogP contribution in [0.1, 0.15) is 49.5 Å². The molecule has 0 bridgehead atoms. The van der Waals surface area contributed by atoms with Crippen molar-refractivity contribution in [3.05, 3.63) is 65.7 Å². The summed E-state index contributed by atoms with van der Waals surface area (Å²) < 4.78 is 27.3. The number of sulfonamides is 1. The van der Waals surface area contributed by atoms with Crippen molar-refractivity contribution in [3.8, 4) is 0 Å². The molecular weight excluding hydrogens is 372 g/mol. The van der Waals surface area contributed by atoms with Gasteiger partial charge < -0.3 is 5.32 Å². The van der Waals surface area contributed by atoms with Crippen LogP contribution in [0.15, 0.2) is 59.5 Å². The summed E-state index contributed by atoms with van der Waals surface area (Å²) in [7, 11) is -3.54. The lowest BCUT2D eigenvalue weighted by molar-refractivity contribution is 0.0946. The van der Waals surface area contributed by atoms with E-state index in [1.807, 2.05) is 24.3 Å². The number of rotatable bonds is 5. The van der Waals surface area contributed by atoms with Gasteiger partial charge in [-0.25, -0.2) is 8.42 Å². The van der Waals surface area contributed by atoms with Gasteiger partial charge in [-0.2, -0.15) is 4.31 Å². The Kier molecular flexibility index (Phi) is 5.91. The summed E-state index contributed by atoms with van der Waals surface area (Å²) in [6, 6.07) is 15.8. The van der Waals surface area contributed by atoms with Crippen molar-refractivity contribution < 1.29 is 13.2 Å². The minimum Gasteiger partial charge on any atom is -0.350 e. The Morgan fingerprint density at radius 1 is 1.07 bits per heavy atom. The van der Waals surface area contributed by atoms with Crippen molar-refractivity contribution in [3.63, 3.8) is 0 Å². The molecule has 1 amide bonds. The molecule has 1 aliphatic heterocycles. The number of carbonyl (C=O) groups excluding carboxylic acids is 1. The Morgan fingerprint density at radius 2 is 1.71 bits per heavy atom. The number of carbonyl (C=O) groups is 1. The second-order valence-corrected chi connectivity index (χ2v) is 10.2. The van der Waals surface area contributed by atoms with E-state index < -0.39 is 10.0 Å². The van der Waals surface area contributed by atoms with E-state index in [1.165, 1.54) is 9.87 Å². The summed E-state index contributed by atoms with van der Waals surface area (Å²) in [4.78, 5) is 12.8. The molecule has 0 radical (unpaired) electrons. The van der Waals surface area contributed by atoms with E-state index in [-0.39, 0.29) is 17.4 Å². The largest absolute Gasteiger partial charge is 0.350 e. The number of benzene rings is 2. The molecule has 150 valence electrons. The van der Waals surface area contributed by atoms with E-state index in [0.717, 1.165) is 12.8 Å². The maximum Gasteiger partial charge on any atom is 0.251 e. The lowest BCUT2D eigenvalue weighted by Crippen LogP contribution is -2.43. The molecule has 0 unspecified atom stereocenters. The monoisotopic (exact) mass is 400 g/mol. The van der Waals surface area contributed by atoms with Crippen LogP contribution in [-0.4, -0.2) is 37.8 Å². The van der Waals surface area contributed by atoms with Crippen LogP contribution in [0.2, 0.25) is 0 Å². The average Bonchev–Trinajstić information content (AvgIpc) is 3.16. The van der Waals surface area contributed by atoms with E-state index in [0.29, 0.717) is 23.5 Å². The summed E-state index contributed by atoms with van der Waals surface area (Å²) >= 11 is 0. The van der Waals surface area contributed by atoms with Gasteiger partial charge in [-0.15, -0.1) is 0 Å². The van der Waals surface area contributed by atoms with E-state index >= 15 is 0 Å². The molecule has 5 nitrogen and oxygen atoms in total. The maximum absolute atomic E-state index is 12.9. The molecule has 28 heavy (non-hydrogen) atoms. The van der Waals surface area contributed by atoms with Gasteiger partial charge in [0.1, 0.15) is 0 Å². The van der Waals surface area contributed by atoms with E-state index in [2.05, 4.69) is 26.1 Å². The van der Waals surface area contributed by atoms with Gasteiger partial charge in [-0.05, 0) is 48.1 Å². The van der Waals surface area contributed by atoms with Crippen LogP contribution < -0.4 is 5.32 Å². The average molecular weight is 401 g/mol. The minimum absolute atomic E-state index is 0.0329. The van der Waals surface area contributed by atoms with Crippen molar-refractivity contribution in [1.29, 1.82) is 0 Å². The molecule has 1 heterocycles. The van der Waals surface area contributed by atoms with Crippen molar-refractivity contribution in [1.82, 2.24) is 9.62 Å². The summed E-state index contributed by atoms with van der Waals surface area (Å²) in [5.41, 5.74) is 1.79. The quantitative estimate of drug-likeness (QED) is 0.834.